The molecule has 1 atom stereocenters. The van der Waals surface area contributed by atoms with Crippen molar-refractivity contribution in [1.82, 2.24) is 5.32 Å². The predicted octanol–water partition coefficient (Wildman–Crippen LogP) is 1.29. The van der Waals surface area contributed by atoms with Gasteiger partial charge >= 0.3 is 0 Å². The zero-order valence-corrected chi connectivity index (χ0v) is 11.3. The Morgan fingerprint density at radius 3 is 2.53 bits per heavy atom. The van der Waals surface area contributed by atoms with Crippen LogP contribution in [0.5, 0.6) is 0 Å². The lowest BCUT2D eigenvalue weighted by atomic mass is 9.87. The number of hydrogen-bond acceptors (Lipinski definition) is 3. The summed E-state index contributed by atoms with van der Waals surface area (Å²) in [5.74, 6) is 0.933. The summed E-state index contributed by atoms with van der Waals surface area (Å²) in [6.45, 7) is 8.24. The predicted molar refractivity (Wildman–Crippen MR) is 68.6 cm³/mol. The number of nitrogens with two attached hydrogens (primary N) is 1. The highest BCUT2D eigenvalue weighted by atomic mass is 16.5. The number of rotatable bonds is 5. The highest BCUT2D eigenvalue weighted by molar-refractivity contribution is 5.77. The van der Waals surface area contributed by atoms with Crippen LogP contribution in [0.2, 0.25) is 0 Å². The topological polar surface area (TPSA) is 64.3 Å². The molecule has 0 saturated carbocycles. The Balaban J connectivity index is 2.42. The highest BCUT2D eigenvalue weighted by Gasteiger charge is 2.29. The first-order chi connectivity index (χ1) is 7.98. The van der Waals surface area contributed by atoms with Crippen LogP contribution in [-0.4, -0.2) is 31.2 Å². The van der Waals surface area contributed by atoms with Crippen molar-refractivity contribution < 1.29 is 9.53 Å². The molecule has 1 fully saturated rings. The number of carbonyl (C=O) groups excluding carboxylic acids is 1. The maximum absolute atomic E-state index is 12.0. The molecule has 1 aliphatic heterocycles. The first-order valence-corrected chi connectivity index (χ1v) is 6.56. The minimum atomic E-state index is -0.289. The van der Waals surface area contributed by atoms with Gasteiger partial charge < -0.3 is 15.8 Å². The minimum absolute atomic E-state index is 0.124. The van der Waals surface area contributed by atoms with Gasteiger partial charge in [-0.05, 0) is 31.6 Å². The maximum Gasteiger partial charge on any atom is 0.220 e. The molecule has 100 valence electrons. The van der Waals surface area contributed by atoms with Gasteiger partial charge in [-0.25, -0.2) is 0 Å². The molecule has 4 nitrogen and oxygen atoms in total. The number of ether oxygens (including phenoxy) is 1. The van der Waals surface area contributed by atoms with Gasteiger partial charge in [-0.2, -0.15) is 0 Å². The molecule has 17 heavy (non-hydrogen) atoms. The number of hydrogen-bond donors (Lipinski definition) is 2. The molecule has 0 aliphatic carbocycles. The third kappa shape index (κ3) is 4.28. The maximum atomic E-state index is 12.0. The summed E-state index contributed by atoms with van der Waals surface area (Å²) in [5, 5.41) is 3.09. The molecule has 0 aromatic carbocycles. The second-order valence-corrected chi connectivity index (χ2v) is 5.58. The summed E-state index contributed by atoms with van der Waals surface area (Å²) >= 11 is 0. The molecule has 0 aromatic rings. The van der Waals surface area contributed by atoms with Gasteiger partial charge in [0.25, 0.3) is 0 Å². The fourth-order valence-electron chi connectivity index (χ4n) is 2.01. The smallest absolute Gasteiger partial charge is 0.220 e. The third-order valence-corrected chi connectivity index (χ3v) is 3.94. The van der Waals surface area contributed by atoms with Crippen LogP contribution in [0.4, 0.5) is 0 Å². The molecule has 0 aromatic heterocycles. The number of carbonyl (C=O) groups is 1. The van der Waals surface area contributed by atoms with Gasteiger partial charge in [-0.15, -0.1) is 0 Å². The van der Waals surface area contributed by atoms with Crippen molar-refractivity contribution in [3.8, 4) is 0 Å². The van der Waals surface area contributed by atoms with E-state index in [0.717, 1.165) is 26.1 Å². The highest BCUT2D eigenvalue weighted by Crippen LogP contribution is 2.20. The summed E-state index contributed by atoms with van der Waals surface area (Å²) in [4.78, 5) is 12.0. The molecule has 1 saturated heterocycles. The Kier molecular flexibility index (Phi) is 5.40. The Hall–Kier alpha value is -0.610. The van der Waals surface area contributed by atoms with E-state index in [0.29, 0.717) is 24.8 Å². The molecular weight excluding hydrogens is 216 g/mol. The summed E-state index contributed by atoms with van der Waals surface area (Å²) in [7, 11) is 0. The second kappa shape index (κ2) is 6.36. The molecule has 1 unspecified atom stereocenters. The van der Waals surface area contributed by atoms with E-state index < -0.39 is 0 Å². The van der Waals surface area contributed by atoms with Crippen molar-refractivity contribution in [2.45, 2.75) is 45.6 Å². The van der Waals surface area contributed by atoms with Crippen molar-refractivity contribution in [3.63, 3.8) is 0 Å². The molecule has 1 amide bonds. The van der Waals surface area contributed by atoms with Crippen LogP contribution in [-0.2, 0) is 9.53 Å². The van der Waals surface area contributed by atoms with Gasteiger partial charge in [0.05, 0.1) is 5.54 Å². The minimum Gasteiger partial charge on any atom is -0.381 e. The van der Waals surface area contributed by atoms with Gasteiger partial charge in [0.1, 0.15) is 0 Å². The SMILES string of the molecule is CC(C)C(C)(CN)NC(=O)CC1CCOCC1. The van der Waals surface area contributed by atoms with Gasteiger partial charge in [0.15, 0.2) is 0 Å². The summed E-state index contributed by atoms with van der Waals surface area (Å²) in [6.07, 6.45) is 2.59. The zero-order valence-electron chi connectivity index (χ0n) is 11.3. The number of amides is 1. The average molecular weight is 242 g/mol. The van der Waals surface area contributed by atoms with Crippen molar-refractivity contribution in [2.24, 2.45) is 17.6 Å². The average Bonchev–Trinajstić information content (AvgIpc) is 2.29. The van der Waals surface area contributed by atoms with E-state index in [1.807, 2.05) is 6.92 Å². The van der Waals surface area contributed by atoms with Crippen molar-refractivity contribution in [3.05, 3.63) is 0 Å². The molecule has 1 aliphatic rings. The van der Waals surface area contributed by atoms with Crippen LogP contribution >= 0.6 is 0 Å². The molecule has 3 N–H and O–H groups in total. The molecular formula is C13H26N2O2. The Labute approximate surface area is 104 Å². The fraction of sp³-hybridized carbons (Fsp3) is 0.923. The van der Waals surface area contributed by atoms with E-state index in [9.17, 15) is 4.79 Å². The Morgan fingerprint density at radius 2 is 2.06 bits per heavy atom. The standard InChI is InChI=1S/C13H26N2O2/c1-10(2)13(3,9-14)15-12(16)8-11-4-6-17-7-5-11/h10-11H,4-9,14H2,1-3H3,(H,15,16). The van der Waals surface area contributed by atoms with Crippen LogP contribution < -0.4 is 11.1 Å². The Morgan fingerprint density at radius 1 is 1.47 bits per heavy atom. The third-order valence-electron chi connectivity index (χ3n) is 3.94. The van der Waals surface area contributed by atoms with Crippen molar-refractivity contribution >= 4 is 5.91 Å². The molecule has 4 heteroatoms. The largest absolute Gasteiger partial charge is 0.381 e. The monoisotopic (exact) mass is 242 g/mol. The lowest BCUT2D eigenvalue weighted by Crippen LogP contribution is -2.55. The molecule has 1 rings (SSSR count). The van der Waals surface area contributed by atoms with Crippen LogP contribution in [0, 0.1) is 11.8 Å². The zero-order chi connectivity index (χ0) is 12.9. The summed E-state index contributed by atoms with van der Waals surface area (Å²) in [6, 6.07) is 0. The van der Waals surface area contributed by atoms with Gasteiger partial charge in [-0.3, -0.25) is 4.79 Å². The van der Waals surface area contributed by atoms with Crippen LogP contribution in [0.15, 0.2) is 0 Å². The summed E-state index contributed by atoms with van der Waals surface area (Å²) in [5.41, 5.74) is 5.47. The molecule has 0 radical (unpaired) electrons. The van der Waals surface area contributed by atoms with E-state index in [-0.39, 0.29) is 11.4 Å². The first kappa shape index (κ1) is 14.5. The van der Waals surface area contributed by atoms with E-state index in [2.05, 4.69) is 19.2 Å². The van der Waals surface area contributed by atoms with E-state index in [1.54, 1.807) is 0 Å². The number of nitrogens with one attached hydrogen (secondary N) is 1. The second-order valence-electron chi connectivity index (χ2n) is 5.58. The lowest BCUT2D eigenvalue weighted by Gasteiger charge is -2.34. The summed E-state index contributed by atoms with van der Waals surface area (Å²) < 4.78 is 5.29. The normalized spacial score (nSPS) is 21.2. The Bertz CT molecular complexity index is 250. The van der Waals surface area contributed by atoms with Crippen LogP contribution in [0.1, 0.15) is 40.0 Å². The van der Waals surface area contributed by atoms with E-state index >= 15 is 0 Å². The lowest BCUT2D eigenvalue weighted by molar-refractivity contribution is -0.124. The van der Waals surface area contributed by atoms with E-state index in [4.69, 9.17) is 10.5 Å². The van der Waals surface area contributed by atoms with E-state index in [1.165, 1.54) is 0 Å². The van der Waals surface area contributed by atoms with Gasteiger partial charge in [-0.1, -0.05) is 13.8 Å². The molecule has 1 heterocycles. The van der Waals surface area contributed by atoms with Crippen LogP contribution in [0.3, 0.4) is 0 Å². The van der Waals surface area contributed by atoms with Gasteiger partial charge in [0, 0.05) is 26.2 Å². The first-order valence-electron chi connectivity index (χ1n) is 6.56. The van der Waals surface area contributed by atoms with Crippen molar-refractivity contribution in [2.75, 3.05) is 19.8 Å². The molecule has 0 bridgehead atoms. The molecule has 0 spiro atoms. The van der Waals surface area contributed by atoms with Crippen molar-refractivity contribution in [1.29, 1.82) is 0 Å². The quantitative estimate of drug-likeness (QED) is 0.763. The fourth-order valence-corrected chi connectivity index (χ4v) is 2.01. The van der Waals surface area contributed by atoms with Crippen LogP contribution in [0.25, 0.3) is 0 Å². The van der Waals surface area contributed by atoms with Gasteiger partial charge in [0.2, 0.25) is 5.91 Å².